The smallest absolute Gasteiger partial charge is 0.163 e. The Kier molecular flexibility index (Phi) is 5.47. The van der Waals surface area contributed by atoms with Crippen LogP contribution in [-0.4, -0.2) is 40.0 Å². The van der Waals surface area contributed by atoms with Crippen LogP contribution in [0.2, 0.25) is 0 Å². The van der Waals surface area contributed by atoms with Crippen molar-refractivity contribution in [1.29, 1.82) is 0 Å². The van der Waals surface area contributed by atoms with E-state index in [0.717, 1.165) is 29.8 Å². The van der Waals surface area contributed by atoms with Gasteiger partial charge in [-0.1, -0.05) is 0 Å². The van der Waals surface area contributed by atoms with Gasteiger partial charge in [0.25, 0.3) is 0 Å². The molecule has 0 bridgehead atoms. The lowest BCUT2D eigenvalue weighted by Crippen LogP contribution is -2.06. The monoisotopic (exact) mass is 330 g/mol. The molecule has 0 spiro atoms. The molecule has 1 atom stereocenters. The van der Waals surface area contributed by atoms with Gasteiger partial charge in [0.2, 0.25) is 0 Å². The number of fused-ring (bicyclic) bond motifs is 1. The minimum Gasteiger partial charge on any atom is -0.493 e. The normalized spacial score (nSPS) is 12.6. The maximum atomic E-state index is 11.2. The van der Waals surface area contributed by atoms with E-state index in [1.165, 1.54) is 0 Å². The van der Waals surface area contributed by atoms with Crippen molar-refractivity contribution in [2.24, 2.45) is 0 Å². The summed E-state index contributed by atoms with van der Waals surface area (Å²) >= 11 is 5.99. The van der Waals surface area contributed by atoms with Gasteiger partial charge < -0.3 is 14.0 Å². The molecular formula is C14H19ClN2O3S. The molecule has 0 N–H and O–H groups in total. The van der Waals surface area contributed by atoms with Crippen LogP contribution in [0, 0.1) is 0 Å². The molecule has 0 fully saturated rings. The average molecular weight is 331 g/mol. The average Bonchev–Trinajstić information content (AvgIpc) is 2.82. The maximum absolute atomic E-state index is 11.2. The zero-order chi connectivity index (χ0) is 15.4. The fourth-order valence-electron chi connectivity index (χ4n) is 2.28. The number of imidazole rings is 1. The highest BCUT2D eigenvalue weighted by Gasteiger charge is 2.14. The fourth-order valence-corrected chi connectivity index (χ4v) is 3.02. The molecule has 1 aromatic carbocycles. The van der Waals surface area contributed by atoms with Gasteiger partial charge in [0.1, 0.15) is 5.82 Å². The van der Waals surface area contributed by atoms with E-state index in [0.29, 0.717) is 23.1 Å². The van der Waals surface area contributed by atoms with Crippen LogP contribution in [0.1, 0.15) is 12.2 Å². The van der Waals surface area contributed by atoms with Crippen molar-refractivity contribution in [2.75, 3.05) is 26.2 Å². The van der Waals surface area contributed by atoms with Gasteiger partial charge in [0.05, 0.1) is 31.1 Å². The Bertz CT molecular complexity index is 657. The third-order valence-corrected chi connectivity index (χ3v) is 4.37. The predicted octanol–water partition coefficient (Wildman–Crippen LogP) is 2.56. The number of halogens is 1. The van der Waals surface area contributed by atoms with E-state index in [2.05, 4.69) is 9.55 Å². The third-order valence-electron chi connectivity index (χ3n) is 3.27. The van der Waals surface area contributed by atoms with Gasteiger partial charge in [0.15, 0.2) is 11.5 Å². The second-order valence-electron chi connectivity index (χ2n) is 4.64. The summed E-state index contributed by atoms with van der Waals surface area (Å²) in [4.78, 5) is 4.53. The van der Waals surface area contributed by atoms with Gasteiger partial charge in [-0.3, -0.25) is 4.21 Å². The second-order valence-corrected chi connectivity index (χ2v) is 6.46. The first kappa shape index (κ1) is 16.1. The molecule has 2 rings (SSSR count). The number of hydrogen-bond donors (Lipinski definition) is 0. The van der Waals surface area contributed by atoms with Crippen LogP contribution >= 0.6 is 11.6 Å². The lowest BCUT2D eigenvalue weighted by Gasteiger charge is -2.10. The Balaban J connectivity index is 2.43. The molecule has 1 unspecified atom stereocenters. The summed E-state index contributed by atoms with van der Waals surface area (Å²) in [6.45, 7) is 0.730. The van der Waals surface area contributed by atoms with Gasteiger partial charge >= 0.3 is 0 Å². The van der Waals surface area contributed by atoms with E-state index < -0.39 is 10.8 Å². The number of alkyl halides is 1. The van der Waals surface area contributed by atoms with Crippen molar-refractivity contribution < 1.29 is 13.7 Å². The van der Waals surface area contributed by atoms with Crippen LogP contribution < -0.4 is 9.47 Å². The van der Waals surface area contributed by atoms with Crippen molar-refractivity contribution in [2.45, 2.75) is 18.8 Å². The van der Waals surface area contributed by atoms with E-state index in [1.54, 1.807) is 20.5 Å². The molecule has 0 amide bonds. The molecular weight excluding hydrogens is 312 g/mol. The molecule has 7 heteroatoms. The summed E-state index contributed by atoms with van der Waals surface area (Å²) in [5, 5.41) is 0. The van der Waals surface area contributed by atoms with Crippen molar-refractivity contribution in [3.8, 4) is 11.5 Å². The number of methoxy groups -OCH3 is 2. The summed E-state index contributed by atoms with van der Waals surface area (Å²) in [7, 11) is 2.41. The molecule has 116 valence electrons. The van der Waals surface area contributed by atoms with Crippen molar-refractivity contribution in [3.05, 3.63) is 18.0 Å². The van der Waals surface area contributed by atoms with E-state index in [9.17, 15) is 4.21 Å². The van der Waals surface area contributed by atoms with Crippen LogP contribution in [0.15, 0.2) is 12.1 Å². The van der Waals surface area contributed by atoms with Crippen molar-refractivity contribution in [1.82, 2.24) is 9.55 Å². The number of nitrogens with zero attached hydrogens (tertiary/aromatic N) is 2. The van der Waals surface area contributed by atoms with Crippen molar-refractivity contribution in [3.63, 3.8) is 0 Å². The molecule has 0 aliphatic heterocycles. The molecule has 0 saturated heterocycles. The Morgan fingerprint density at radius 3 is 2.52 bits per heavy atom. The highest BCUT2D eigenvalue weighted by atomic mass is 35.5. The minimum atomic E-state index is -0.792. The maximum Gasteiger partial charge on any atom is 0.163 e. The van der Waals surface area contributed by atoms with E-state index in [4.69, 9.17) is 21.1 Å². The molecule has 21 heavy (non-hydrogen) atoms. The third kappa shape index (κ3) is 3.49. The Labute approximate surface area is 131 Å². The van der Waals surface area contributed by atoms with E-state index in [-0.39, 0.29) is 0 Å². The first-order valence-corrected chi connectivity index (χ1v) is 8.84. The zero-order valence-electron chi connectivity index (χ0n) is 12.4. The van der Waals surface area contributed by atoms with Crippen molar-refractivity contribution >= 4 is 33.4 Å². The first-order chi connectivity index (χ1) is 10.1. The number of rotatable bonds is 7. The topological polar surface area (TPSA) is 53.4 Å². The molecule has 5 nitrogen and oxygen atoms in total. The fraction of sp³-hybridized carbons (Fsp3) is 0.500. The molecule has 0 aliphatic carbocycles. The Hall–Kier alpha value is -1.27. The van der Waals surface area contributed by atoms with E-state index in [1.807, 2.05) is 12.1 Å². The molecule has 0 aliphatic rings. The molecule has 1 heterocycles. The van der Waals surface area contributed by atoms with Gasteiger partial charge in [-0.25, -0.2) is 4.98 Å². The zero-order valence-corrected chi connectivity index (χ0v) is 14.0. The number of aromatic nitrogens is 2. The van der Waals surface area contributed by atoms with Crippen LogP contribution in [0.3, 0.4) is 0 Å². The number of ether oxygens (including phenoxy) is 2. The lowest BCUT2D eigenvalue weighted by atomic mass is 10.2. The molecule has 2 aromatic rings. The van der Waals surface area contributed by atoms with Gasteiger partial charge in [0, 0.05) is 41.5 Å². The number of hydrogen-bond acceptors (Lipinski definition) is 4. The van der Waals surface area contributed by atoms with E-state index >= 15 is 0 Å². The number of aryl methyl sites for hydroxylation is 1. The van der Waals surface area contributed by atoms with Crippen LogP contribution in [0.25, 0.3) is 11.0 Å². The number of benzene rings is 1. The summed E-state index contributed by atoms with van der Waals surface area (Å²) in [5.41, 5.74) is 1.77. The first-order valence-electron chi connectivity index (χ1n) is 6.57. The Morgan fingerprint density at radius 1 is 1.29 bits per heavy atom. The predicted molar refractivity (Wildman–Crippen MR) is 85.9 cm³/mol. The van der Waals surface area contributed by atoms with Crippen LogP contribution in [-0.2, 0) is 23.2 Å². The second kappa shape index (κ2) is 7.13. The largest absolute Gasteiger partial charge is 0.493 e. The quantitative estimate of drug-likeness (QED) is 0.732. The van der Waals surface area contributed by atoms with Gasteiger partial charge in [-0.15, -0.1) is 11.6 Å². The van der Waals surface area contributed by atoms with Gasteiger partial charge in [-0.2, -0.15) is 0 Å². The highest BCUT2D eigenvalue weighted by molar-refractivity contribution is 7.84. The van der Waals surface area contributed by atoms with Crippen LogP contribution in [0.4, 0.5) is 0 Å². The SMILES string of the molecule is COc1cc2nc(CCl)n(CCCS(C)=O)c2cc1OC. The Morgan fingerprint density at radius 2 is 1.95 bits per heavy atom. The standard InChI is InChI=1S/C14H19ClN2O3S/c1-19-12-7-10-11(8-13(12)20-2)17(14(9-15)16-10)5-4-6-21(3)18/h7-8H,4-6,9H2,1-3H3. The summed E-state index contributed by atoms with van der Waals surface area (Å²) in [6, 6.07) is 3.75. The highest BCUT2D eigenvalue weighted by Crippen LogP contribution is 2.32. The van der Waals surface area contributed by atoms with Gasteiger partial charge in [-0.05, 0) is 6.42 Å². The molecule has 1 aromatic heterocycles. The minimum absolute atomic E-state index is 0.328. The summed E-state index contributed by atoms with van der Waals surface area (Å²) < 4.78 is 23.9. The summed E-state index contributed by atoms with van der Waals surface area (Å²) in [5.74, 6) is 3.09. The molecule has 0 saturated carbocycles. The summed E-state index contributed by atoms with van der Waals surface area (Å²) in [6.07, 6.45) is 2.52. The van der Waals surface area contributed by atoms with Crippen LogP contribution in [0.5, 0.6) is 11.5 Å². The molecule has 0 radical (unpaired) electrons. The lowest BCUT2D eigenvalue weighted by molar-refractivity contribution is 0.355.